The maximum Gasteiger partial charge on any atom is 0.292 e. The van der Waals surface area contributed by atoms with Crippen LogP contribution in [0.5, 0.6) is 0 Å². The van der Waals surface area contributed by atoms with E-state index in [1.54, 1.807) is 11.0 Å². The lowest BCUT2D eigenvalue weighted by Crippen LogP contribution is -2.52. The standard InChI is InChI=1S/C14H20N4O3/c1-3-11-9-17(7-6-16(11)2)14(19)10-4-5-12(15)13(8-10)18(20)21/h4-5,8,11H,3,6-7,9,15H2,1-2H3. The van der Waals surface area contributed by atoms with Crippen LogP contribution in [0.25, 0.3) is 0 Å². The molecule has 0 bridgehead atoms. The number of anilines is 1. The number of benzene rings is 1. The van der Waals surface area contributed by atoms with Gasteiger partial charge in [-0.05, 0) is 25.6 Å². The molecule has 21 heavy (non-hydrogen) atoms. The maximum absolute atomic E-state index is 12.5. The molecule has 7 heteroatoms. The van der Waals surface area contributed by atoms with Crippen LogP contribution in [-0.2, 0) is 0 Å². The number of nitrogens with two attached hydrogens (primary N) is 1. The van der Waals surface area contributed by atoms with Crippen LogP contribution in [-0.4, -0.2) is 53.4 Å². The van der Waals surface area contributed by atoms with E-state index in [-0.39, 0.29) is 17.3 Å². The Hall–Kier alpha value is -2.15. The molecule has 114 valence electrons. The molecule has 0 saturated carbocycles. The summed E-state index contributed by atoms with van der Waals surface area (Å²) in [7, 11) is 2.05. The van der Waals surface area contributed by atoms with Gasteiger partial charge in [-0.2, -0.15) is 0 Å². The highest BCUT2D eigenvalue weighted by molar-refractivity contribution is 5.95. The van der Waals surface area contributed by atoms with Crippen molar-refractivity contribution in [1.82, 2.24) is 9.80 Å². The zero-order valence-corrected chi connectivity index (χ0v) is 12.3. The van der Waals surface area contributed by atoms with Crippen molar-refractivity contribution in [2.75, 3.05) is 32.4 Å². The predicted molar refractivity (Wildman–Crippen MR) is 80.1 cm³/mol. The van der Waals surface area contributed by atoms with Gasteiger partial charge in [-0.25, -0.2) is 0 Å². The summed E-state index contributed by atoms with van der Waals surface area (Å²) in [5.41, 5.74) is 5.72. The average molecular weight is 292 g/mol. The van der Waals surface area contributed by atoms with Crippen LogP contribution in [0, 0.1) is 10.1 Å². The molecule has 2 N–H and O–H groups in total. The smallest absolute Gasteiger partial charge is 0.292 e. The molecular formula is C14H20N4O3. The molecule has 1 saturated heterocycles. The summed E-state index contributed by atoms with van der Waals surface area (Å²) in [4.78, 5) is 26.8. The lowest BCUT2D eigenvalue weighted by Gasteiger charge is -2.39. The Morgan fingerprint density at radius 3 is 2.81 bits per heavy atom. The normalized spacial score (nSPS) is 19.5. The Labute approximate surface area is 123 Å². The van der Waals surface area contributed by atoms with E-state index in [4.69, 9.17) is 5.73 Å². The summed E-state index contributed by atoms with van der Waals surface area (Å²) in [6.07, 6.45) is 0.960. The van der Waals surface area contributed by atoms with Crippen LogP contribution in [0.4, 0.5) is 11.4 Å². The summed E-state index contributed by atoms with van der Waals surface area (Å²) in [6.45, 7) is 4.17. The Morgan fingerprint density at radius 1 is 1.48 bits per heavy atom. The van der Waals surface area contributed by atoms with Gasteiger partial charge in [-0.15, -0.1) is 0 Å². The van der Waals surface area contributed by atoms with E-state index in [9.17, 15) is 14.9 Å². The number of hydrogen-bond donors (Lipinski definition) is 1. The first-order chi connectivity index (χ1) is 9.93. The molecule has 0 radical (unpaired) electrons. The van der Waals surface area contributed by atoms with Crippen LogP contribution in [0.15, 0.2) is 18.2 Å². The summed E-state index contributed by atoms with van der Waals surface area (Å²) >= 11 is 0. The number of hydrogen-bond acceptors (Lipinski definition) is 5. The molecular weight excluding hydrogens is 272 g/mol. The van der Waals surface area contributed by atoms with E-state index < -0.39 is 4.92 Å². The zero-order chi connectivity index (χ0) is 15.6. The van der Waals surface area contributed by atoms with Gasteiger partial charge >= 0.3 is 0 Å². The van der Waals surface area contributed by atoms with Crippen molar-refractivity contribution in [2.24, 2.45) is 0 Å². The van der Waals surface area contributed by atoms with Gasteiger partial charge in [0.15, 0.2) is 0 Å². The number of nitro benzene ring substituents is 1. The van der Waals surface area contributed by atoms with Crippen molar-refractivity contribution in [1.29, 1.82) is 0 Å². The van der Waals surface area contributed by atoms with Crippen LogP contribution in [0.3, 0.4) is 0 Å². The molecule has 1 aromatic rings. The van der Waals surface area contributed by atoms with Gasteiger partial charge in [-0.3, -0.25) is 19.8 Å². The van der Waals surface area contributed by atoms with Gasteiger partial charge in [0, 0.05) is 37.3 Å². The quantitative estimate of drug-likeness (QED) is 0.515. The van der Waals surface area contributed by atoms with E-state index in [1.807, 2.05) is 7.05 Å². The van der Waals surface area contributed by atoms with E-state index in [0.29, 0.717) is 24.7 Å². The van der Waals surface area contributed by atoms with E-state index in [0.717, 1.165) is 13.0 Å². The summed E-state index contributed by atoms with van der Waals surface area (Å²) in [6, 6.07) is 4.55. The van der Waals surface area contributed by atoms with Gasteiger partial charge in [0.2, 0.25) is 0 Å². The Morgan fingerprint density at radius 2 is 2.19 bits per heavy atom. The lowest BCUT2D eigenvalue weighted by atomic mass is 10.1. The highest BCUT2D eigenvalue weighted by Crippen LogP contribution is 2.23. The summed E-state index contributed by atoms with van der Waals surface area (Å²) in [5, 5.41) is 10.9. The molecule has 1 aromatic carbocycles. The molecule has 7 nitrogen and oxygen atoms in total. The first kappa shape index (κ1) is 15.2. The van der Waals surface area contributed by atoms with Crippen molar-refractivity contribution < 1.29 is 9.72 Å². The first-order valence-corrected chi connectivity index (χ1v) is 6.97. The van der Waals surface area contributed by atoms with Gasteiger partial charge < -0.3 is 10.6 Å². The number of carbonyl (C=O) groups is 1. The fraction of sp³-hybridized carbons (Fsp3) is 0.500. The molecule has 2 rings (SSSR count). The zero-order valence-electron chi connectivity index (χ0n) is 12.3. The average Bonchev–Trinajstić information content (AvgIpc) is 2.47. The number of piperazine rings is 1. The number of carbonyl (C=O) groups excluding carboxylic acids is 1. The Balaban J connectivity index is 2.20. The number of likely N-dealkylation sites (N-methyl/N-ethyl adjacent to an activating group) is 1. The van der Waals surface area contributed by atoms with Gasteiger partial charge in [-0.1, -0.05) is 6.92 Å². The number of nitro groups is 1. The van der Waals surface area contributed by atoms with Crippen molar-refractivity contribution in [3.8, 4) is 0 Å². The minimum absolute atomic E-state index is 0.0707. The fourth-order valence-electron chi connectivity index (χ4n) is 2.59. The molecule has 1 amide bonds. The maximum atomic E-state index is 12.5. The molecule has 1 unspecified atom stereocenters. The topological polar surface area (TPSA) is 92.7 Å². The van der Waals surface area contributed by atoms with Crippen LogP contribution in [0.2, 0.25) is 0 Å². The first-order valence-electron chi connectivity index (χ1n) is 6.97. The van der Waals surface area contributed by atoms with Crippen molar-refractivity contribution in [3.05, 3.63) is 33.9 Å². The molecule has 1 atom stereocenters. The number of rotatable bonds is 3. The van der Waals surface area contributed by atoms with Crippen molar-refractivity contribution in [2.45, 2.75) is 19.4 Å². The molecule has 1 heterocycles. The van der Waals surface area contributed by atoms with Crippen molar-refractivity contribution >= 4 is 17.3 Å². The van der Waals surface area contributed by atoms with Gasteiger partial charge in [0.05, 0.1) is 4.92 Å². The number of amides is 1. The molecule has 1 aliphatic heterocycles. The lowest BCUT2D eigenvalue weighted by molar-refractivity contribution is -0.383. The summed E-state index contributed by atoms with van der Waals surface area (Å²) < 4.78 is 0. The Kier molecular flexibility index (Phi) is 4.42. The predicted octanol–water partition coefficient (Wildman–Crippen LogP) is 1.34. The monoisotopic (exact) mass is 292 g/mol. The van der Waals surface area contributed by atoms with Crippen LogP contribution >= 0.6 is 0 Å². The van der Waals surface area contributed by atoms with E-state index in [2.05, 4.69) is 11.8 Å². The minimum Gasteiger partial charge on any atom is -0.393 e. The van der Waals surface area contributed by atoms with Crippen LogP contribution in [0.1, 0.15) is 23.7 Å². The second kappa shape index (κ2) is 6.09. The molecule has 0 aromatic heterocycles. The number of nitrogen functional groups attached to an aromatic ring is 1. The highest BCUT2D eigenvalue weighted by Gasteiger charge is 2.27. The minimum atomic E-state index is -0.565. The fourth-order valence-corrected chi connectivity index (χ4v) is 2.59. The largest absolute Gasteiger partial charge is 0.393 e. The van der Waals surface area contributed by atoms with E-state index in [1.165, 1.54) is 12.1 Å². The molecule has 1 aliphatic rings. The third-order valence-corrected chi connectivity index (χ3v) is 4.01. The summed E-state index contributed by atoms with van der Waals surface area (Å²) in [5.74, 6) is -0.176. The molecule has 1 fully saturated rings. The molecule has 0 aliphatic carbocycles. The van der Waals surface area contributed by atoms with Crippen molar-refractivity contribution in [3.63, 3.8) is 0 Å². The Bertz CT molecular complexity index is 561. The number of nitrogens with zero attached hydrogens (tertiary/aromatic N) is 3. The van der Waals surface area contributed by atoms with Gasteiger partial charge in [0.1, 0.15) is 5.69 Å². The third kappa shape index (κ3) is 3.13. The van der Waals surface area contributed by atoms with Gasteiger partial charge in [0.25, 0.3) is 11.6 Å². The third-order valence-electron chi connectivity index (χ3n) is 4.01. The molecule has 0 spiro atoms. The SMILES string of the molecule is CCC1CN(C(=O)c2ccc(N)c([N+](=O)[O-])c2)CCN1C. The van der Waals surface area contributed by atoms with Crippen LogP contribution < -0.4 is 5.73 Å². The highest BCUT2D eigenvalue weighted by atomic mass is 16.6. The second-order valence-corrected chi connectivity index (χ2v) is 5.32. The van der Waals surface area contributed by atoms with E-state index >= 15 is 0 Å². The second-order valence-electron chi connectivity index (χ2n) is 5.32.